The maximum Gasteiger partial charge on any atom is 0.00361 e. The van der Waals surface area contributed by atoms with E-state index in [0.717, 1.165) is 12.3 Å². The van der Waals surface area contributed by atoms with Crippen LogP contribution in [0.15, 0.2) is 12.2 Å². The molecule has 0 rings (SSSR count). The first-order valence-electron chi connectivity index (χ1n) is 5.33. The van der Waals surface area contributed by atoms with Crippen LogP contribution in [0.3, 0.4) is 0 Å². The zero-order valence-corrected chi connectivity index (χ0v) is 9.64. The summed E-state index contributed by atoms with van der Waals surface area (Å²) in [6.07, 6.45) is 3.67. The van der Waals surface area contributed by atoms with Crippen molar-refractivity contribution in [3.8, 4) is 0 Å². The van der Waals surface area contributed by atoms with E-state index in [1.807, 2.05) is 0 Å². The van der Waals surface area contributed by atoms with Gasteiger partial charge in [0.2, 0.25) is 0 Å². The molecule has 0 spiro atoms. The lowest BCUT2D eigenvalue weighted by Crippen LogP contribution is -2.24. The second-order valence-electron chi connectivity index (χ2n) is 4.68. The Kier molecular flexibility index (Phi) is 6.06. The molecule has 0 aromatic heterocycles. The highest BCUT2D eigenvalue weighted by molar-refractivity contribution is 4.89. The molecule has 0 saturated carbocycles. The first-order chi connectivity index (χ1) is 5.93. The molecule has 0 aliphatic heterocycles. The molecule has 0 aromatic rings. The van der Waals surface area contributed by atoms with E-state index >= 15 is 0 Å². The van der Waals surface area contributed by atoms with E-state index in [9.17, 15) is 0 Å². The zero-order chi connectivity index (χ0) is 10.4. The molecular weight excluding hydrogens is 158 g/mol. The second kappa shape index (κ2) is 6.20. The van der Waals surface area contributed by atoms with Gasteiger partial charge >= 0.3 is 0 Å². The minimum Gasteiger partial charge on any atom is -0.328 e. The molecule has 3 unspecified atom stereocenters. The van der Waals surface area contributed by atoms with Crippen molar-refractivity contribution in [2.75, 3.05) is 0 Å². The summed E-state index contributed by atoms with van der Waals surface area (Å²) in [5.41, 5.74) is 7.10. The Hall–Kier alpha value is -0.300. The van der Waals surface area contributed by atoms with Crippen molar-refractivity contribution in [1.29, 1.82) is 0 Å². The van der Waals surface area contributed by atoms with Crippen molar-refractivity contribution < 1.29 is 0 Å². The third kappa shape index (κ3) is 6.83. The van der Waals surface area contributed by atoms with Crippen LogP contribution in [0.1, 0.15) is 47.0 Å². The highest BCUT2D eigenvalue weighted by Crippen LogP contribution is 2.19. The van der Waals surface area contributed by atoms with Crippen LogP contribution in [0.5, 0.6) is 0 Å². The van der Waals surface area contributed by atoms with Crippen LogP contribution in [0.4, 0.5) is 0 Å². The first-order valence-corrected chi connectivity index (χ1v) is 5.33. The molecule has 0 radical (unpaired) electrons. The fraction of sp³-hybridized carbons (Fsp3) is 0.833. The Morgan fingerprint density at radius 2 is 1.77 bits per heavy atom. The molecule has 1 heteroatoms. The molecule has 0 amide bonds. The average Bonchev–Trinajstić information content (AvgIpc) is 1.98. The summed E-state index contributed by atoms with van der Waals surface area (Å²) < 4.78 is 0. The lowest BCUT2D eigenvalue weighted by molar-refractivity contribution is 0.388. The number of allylic oxidation sites excluding steroid dienone is 1. The van der Waals surface area contributed by atoms with Crippen molar-refractivity contribution >= 4 is 0 Å². The number of nitrogens with two attached hydrogens (primary N) is 1. The van der Waals surface area contributed by atoms with Gasteiger partial charge in [0, 0.05) is 6.04 Å². The third-order valence-electron chi connectivity index (χ3n) is 2.71. The van der Waals surface area contributed by atoms with E-state index in [1.54, 1.807) is 0 Å². The van der Waals surface area contributed by atoms with Crippen LogP contribution in [0.2, 0.25) is 0 Å². The highest BCUT2D eigenvalue weighted by atomic mass is 14.6. The van der Waals surface area contributed by atoms with Gasteiger partial charge in [0.15, 0.2) is 0 Å². The monoisotopic (exact) mass is 183 g/mol. The van der Waals surface area contributed by atoms with Gasteiger partial charge in [-0.1, -0.05) is 25.8 Å². The molecule has 0 aliphatic rings. The van der Waals surface area contributed by atoms with E-state index < -0.39 is 0 Å². The van der Waals surface area contributed by atoms with E-state index in [0.29, 0.717) is 12.0 Å². The van der Waals surface area contributed by atoms with Crippen molar-refractivity contribution in [2.24, 2.45) is 17.6 Å². The number of rotatable bonds is 6. The Labute approximate surface area is 83.4 Å². The predicted octanol–water partition coefficient (Wildman–Crippen LogP) is 3.35. The molecule has 0 heterocycles. The molecule has 0 aromatic carbocycles. The van der Waals surface area contributed by atoms with Crippen molar-refractivity contribution in [2.45, 2.75) is 53.0 Å². The van der Waals surface area contributed by atoms with Crippen LogP contribution in [0, 0.1) is 11.8 Å². The van der Waals surface area contributed by atoms with Gasteiger partial charge in [0.05, 0.1) is 0 Å². The Morgan fingerprint density at radius 3 is 2.15 bits per heavy atom. The predicted molar refractivity (Wildman–Crippen MR) is 60.6 cm³/mol. The fourth-order valence-corrected chi connectivity index (χ4v) is 1.51. The van der Waals surface area contributed by atoms with Gasteiger partial charge in [-0.25, -0.2) is 0 Å². The lowest BCUT2D eigenvalue weighted by Gasteiger charge is -2.18. The molecule has 0 saturated heterocycles. The van der Waals surface area contributed by atoms with E-state index in [-0.39, 0.29) is 0 Å². The smallest absolute Gasteiger partial charge is 0.00361 e. The summed E-state index contributed by atoms with van der Waals surface area (Å²) in [5.74, 6) is 1.41. The highest BCUT2D eigenvalue weighted by Gasteiger charge is 2.09. The lowest BCUT2D eigenvalue weighted by atomic mass is 9.91. The topological polar surface area (TPSA) is 26.0 Å². The fourth-order valence-electron chi connectivity index (χ4n) is 1.51. The molecule has 3 atom stereocenters. The molecule has 0 aliphatic carbocycles. The maximum absolute atomic E-state index is 5.81. The molecule has 0 bridgehead atoms. The van der Waals surface area contributed by atoms with Gasteiger partial charge in [-0.15, -0.1) is 6.58 Å². The summed E-state index contributed by atoms with van der Waals surface area (Å²) >= 11 is 0. The van der Waals surface area contributed by atoms with Gasteiger partial charge < -0.3 is 5.73 Å². The molecule has 1 nitrogen and oxygen atoms in total. The summed E-state index contributed by atoms with van der Waals surface area (Å²) in [6, 6.07) is 0.331. The van der Waals surface area contributed by atoms with E-state index in [1.165, 1.54) is 18.4 Å². The van der Waals surface area contributed by atoms with Gasteiger partial charge in [0.25, 0.3) is 0 Å². The largest absolute Gasteiger partial charge is 0.328 e. The Bertz CT molecular complexity index is 149. The number of hydrogen-bond acceptors (Lipinski definition) is 1. The maximum atomic E-state index is 5.81. The van der Waals surface area contributed by atoms with Crippen LogP contribution in [0.25, 0.3) is 0 Å². The second-order valence-corrected chi connectivity index (χ2v) is 4.68. The third-order valence-corrected chi connectivity index (χ3v) is 2.71. The molecule has 13 heavy (non-hydrogen) atoms. The Morgan fingerprint density at radius 1 is 1.23 bits per heavy atom. The normalized spacial score (nSPS) is 17.9. The van der Waals surface area contributed by atoms with Crippen LogP contribution >= 0.6 is 0 Å². The summed E-state index contributed by atoms with van der Waals surface area (Å²) in [4.78, 5) is 0. The van der Waals surface area contributed by atoms with Crippen LogP contribution in [-0.2, 0) is 0 Å². The van der Waals surface area contributed by atoms with Gasteiger partial charge in [-0.3, -0.25) is 0 Å². The molecular formula is C12H25N. The van der Waals surface area contributed by atoms with E-state index in [2.05, 4.69) is 34.3 Å². The van der Waals surface area contributed by atoms with E-state index in [4.69, 9.17) is 5.73 Å². The molecule has 0 fully saturated rings. The Balaban J connectivity index is 3.57. The molecule has 78 valence electrons. The summed E-state index contributed by atoms with van der Waals surface area (Å²) in [5, 5.41) is 0. The van der Waals surface area contributed by atoms with Gasteiger partial charge in [-0.2, -0.15) is 0 Å². The van der Waals surface area contributed by atoms with Gasteiger partial charge in [0.1, 0.15) is 0 Å². The SMILES string of the molecule is C=C(C)CC(C)CCC(C)C(C)N. The average molecular weight is 183 g/mol. The summed E-state index contributed by atoms with van der Waals surface area (Å²) in [6.45, 7) is 12.7. The number of hydrogen-bond donors (Lipinski definition) is 1. The van der Waals surface area contributed by atoms with Crippen LogP contribution < -0.4 is 5.73 Å². The van der Waals surface area contributed by atoms with Crippen molar-refractivity contribution in [1.82, 2.24) is 0 Å². The first kappa shape index (κ1) is 12.7. The van der Waals surface area contributed by atoms with Crippen molar-refractivity contribution in [3.05, 3.63) is 12.2 Å². The quantitative estimate of drug-likeness (QED) is 0.628. The van der Waals surface area contributed by atoms with Crippen LogP contribution in [-0.4, -0.2) is 6.04 Å². The van der Waals surface area contributed by atoms with Gasteiger partial charge in [-0.05, 0) is 38.5 Å². The summed E-state index contributed by atoms with van der Waals surface area (Å²) in [7, 11) is 0. The molecule has 2 N–H and O–H groups in total. The minimum atomic E-state index is 0.331. The van der Waals surface area contributed by atoms with Crippen molar-refractivity contribution in [3.63, 3.8) is 0 Å². The zero-order valence-electron chi connectivity index (χ0n) is 9.64. The minimum absolute atomic E-state index is 0.331. The standard InChI is InChI=1S/C12H25N/c1-9(2)8-10(3)6-7-11(4)12(5)13/h10-12H,1,6-8,13H2,2-5H3.